The molecular weight excluding hydrogens is 337 g/mol. The van der Waals surface area contributed by atoms with Gasteiger partial charge in [-0.2, -0.15) is 0 Å². The molecule has 4 heteroatoms. The molecule has 2 N–H and O–H groups in total. The SMILES string of the molecule is Cc1cc(C)c(C(N)CSc2cccc(Br)c2)c(F)c1. The largest absolute Gasteiger partial charge is 0.323 e. The van der Waals surface area contributed by atoms with E-state index in [4.69, 9.17) is 5.73 Å². The average molecular weight is 354 g/mol. The van der Waals surface area contributed by atoms with E-state index in [-0.39, 0.29) is 11.9 Å². The zero-order chi connectivity index (χ0) is 14.7. The van der Waals surface area contributed by atoms with E-state index in [1.807, 2.05) is 44.2 Å². The fourth-order valence-corrected chi connectivity index (χ4v) is 3.70. The van der Waals surface area contributed by atoms with Crippen molar-refractivity contribution < 1.29 is 4.39 Å². The molecule has 20 heavy (non-hydrogen) atoms. The van der Waals surface area contributed by atoms with Crippen molar-refractivity contribution in [3.63, 3.8) is 0 Å². The summed E-state index contributed by atoms with van der Waals surface area (Å²) in [4.78, 5) is 1.12. The highest BCUT2D eigenvalue weighted by atomic mass is 79.9. The Kier molecular flexibility index (Phi) is 5.24. The number of hydrogen-bond donors (Lipinski definition) is 1. The molecule has 0 aliphatic carbocycles. The van der Waals surface area contributed by atoms with Crippen molar-refractivity contribution in [3.05, 3.63) is 63.4 Å². The second-order valence-corrected chi connectivity index (χ2v) is 6.86. The molecular formula is C16H17BrFNS. The highest BCUT2D eigenvalue weighted by Crippen LogP contribution is 2.28. The molecule has 0 aliphatic heterocycles. The van der Waals surface area contributed by atoms with E-state index in [2.05, 4.69) is 15.9 Å². The van der Waals surface area contributed by atoms with Crippen molar-refractivity contribution in [2.45, 2.75) is 24.8 Å². The molecule has 0 saturated heterocycles. The summed E-state index contributed by atoms with van der Waals surface area (Å²) in [7, 11) is 0. The third-order valence-corrected chi connectivity index (χ3v) is 4.68. The summed E-state index contributed by atoms with van der Waals surface area (Å²) >= 11 is 5.08. The maximum Gasteiger partial charge on any atom is 0.128 e. The molecule has 2 aromatic rings. The van der Waals surface area contributed by atoms with E-state index < -0.39 is 0 Å². The second kappa shape index (κ2) is 6.74. The van der Waals surface area contributed by atoms with Gasteiger partial charge in [-0.25, -0.2) is 4.39 Å². The molecule has 2 rings (SSSR count). The number of rotatable bonds is 4. The van der Waals surface area contributed by atoms with Crippen LogP contribution >= 0.6 is 27.7 Å². The van der Waals surface area contributed by atoms with Crippen LogP contribution in [0.1, 0.15) is 22.7 Å². The van der Waals surface area contributed by atoms with Gasteiger partial charge in [0.2, 0.25) is 0 Å². The van der Waals surface area contributed by atoms with E-state index in [9.17, 15) is 4.39 Å². The number of nitrogens with two attached hydrogens (primary N) is 1. The van der Waals surface area contributed by atoms with Crippen LogP contribution in [0.2, 0.25) is 0 Å². The van der Waals surface area contributed by atoms with E-state index in [1.165, 1.54) is 0 Å². The molecule has 1 atom stereocenters. The predicted octanol–water partition coefficient (Wildman–Crippen LogP) is 5.00. The van der Waals surface area contributed by atoms with E-state index in [0.29, 0.717) is 11.3 Å². The van der Waals surface area contributed by atoms with Crippen molar-refractivity contribution in [2.24, 2.45) is 5.73 Å². The summed E-state index contributed by atoms with van der Waals surface area (Å²) < 4.78 is 15.1. The van der Waals surface area contributed by atoms with Gasteiger partial charge in [-0.3, -0.25) is 0 Å². The Bertz CT molecular complexity index is 592. The van der Waals surface area contributed by atoms with Gasteiger partial charge in [0.05, 0.1) is 0 Å². The van der Waals surface area contributed by atoms with Crippen molar-refractivity contribution >= 4 is 27.7 Å². The molecule has 0 fully saturated rings. The molecule has 1 unspecified atom stereocenters. The van der Waals surface area contributed by atoms with Gasteiger partial charge in [0, 0.05) is 26.7 Å². The Balaban J connectivity index is 2.11. The van der Waals surface area contributed by atoms with Gasteiger partial charge in [0.1, 0.15) is 5.82 Å². The minimum Gasteiger partial charge on any atom is -0.323 e. The van der Waals surface area contributed by atoms with Crippen molar-refractivity contribution in [3.8, 4) is 0 Å². The maximum atomic E-state index is 14.1. The van der Waals surface area contributed by atoms with Gasteiger partial charge in [0.15, 0.2) is 0 Å². The zero-order valence-corrected chi connectivity index (χ0v) is 13.9. The zero-order valence-electron chi connectivity index (χ0n) is 11.5. The van der Waals surface area contributed by atoms with Gasteiger partial charge >= 0.3 is 0 Å². The van der Waals surface area contributed by atoms with Crippen LogP contribution in [-0.4, -0.2) is 5.75 Å². The smallest absolute Gasteiger partial charge is 0.128 e. The normalized spacial score (nSPS) is 12.4. The first-order valence-corrected chi connectivity index (χ1v) is 8.16. The molecule has 106 valence electrons. The fraction of sp³-hybridized carbons (Fsp3) is 0.250. The number of hydrogen-bond acceptors (Lipinski definition) is 2. The van der Waals surface area contributed by atoms with Crippen LogP contribution < -0.4 is 5.73 Å². The van der Waals surface area contributed by atoms with E-state index in [1.54, 1.807) is 17.8 Å². The maximum absolute atomic E-state index is 14.1. The minimum absolute atomic E-state index is 0.204. The van der Waals surface area contributed by atoms with Gasteiger partial charge in [0.25, 0.3) is 0 Å². The summed E-state index contributed by atoms with van der Waals surface area (Å²) in [5.41, 5.74) is 8.63. The Labute approximate surface area is 131 Å². The van der Waals surface area contributed by atoms with Gasteiger partial charge in [-0.15, -0.1) is 11.8 Å². The van der Waals surface area contributed by atoms with Crippen LogP contribution in [0, 0.1) is 19.7 Å². The standard InChI is InChI=1S/C16H17BrFNS/c1-10-6-11(2)16(14(18)7-10)15(19)9-20-13-5-3-4-12(17)8-13/h3-8,15H,9,19H2,1-2H3. The molecule has 1 nitrogen and oxygen atoms in total. The van der Waals surface area contributed by atoms with Crippen LogP contribution in [0.3, 0.4) is 0 Å². The molecule has 0 aromatic heterocycles. The molecule has 0 aliphatic rings. The lowest BCUT2D eigenvalue weighted by Gasteiger charge is -2.16. The molecule has 0 saturated carbocycles. The first kappa shape index (κ1) is 15.5. The number of aryl methyl sites for hydroxylation is 2. The third-order valence-electron chi connectivity index (χ3n) is 3.08. The fourth-order valence-electron chi connectivity index (χ4n) is 2.22. The van der Waals surface area contributed by atoms with Crippen LogP contribution in [0.15, 0.2) is 45.8 Å². The Morgan fingerprint density at radius 3 is 2.65 bits per heavy atom. The topological polar surface area (TPSA) is 26.0 Å². The van der Waals surface area contributed by atoms with Crippen molar-refractivity contribution in [1.29, 1.82) is 0 Å². The number of halogens is 2. The summed E-state index contributed by atoms with van der Waals surface area (Å²) in [6.45, 7) is 3.80. The lowest BCUT2D eigenvalue weighted by molar-refractivity contribution is 0.591. The van der Waals surface area contributed by atoms with Crippen LogP contribution in [-0.2, 0) is 0 Å². The molecule has 0 radical (unpaired) electrons. The van der Waals surface area contributed by atoms with Gasteiger partial charge < -0.3 is 5.73 Å². The number of benzene rings is 2. The van der Waals surface area contributed by atoms with Crippen LogP contribution in [0.25, 0.3) is 0 Å². The summed E-state index contributed by atoms with van der Waals surface area (Å²) in [5.74, 6) is 0.446. The average Bonchev–Trinajstić information content (AvgIpc) is 2.35. The third kappa shape index (κ3) is 3.84. The second-order valence-electron chi connectivity index (χ2n) is 4.85. The lowest BCUT2D eigenvalue weighted by atomic mass is 10.00. The molecule has 2 aromatic carbocycles. The van der Waals surface area contributed by atoms with Crippen LogP contribution in [0.4, 0.5) is 4.39 Å². The van der Waals surface area contributed by atoms with Crippen LogP contribution in [0.5, 0.6) is 0 Å². The highest BCUT2D eigenvalue weighted by Gasteiger charge is 2.15. The monoisotopic (exact) mass is 353 g/mol. The van der Waals surface area contributed by atoms with Gasteiger partial charge in [-0.05, 0) is 49.2 Å². The van der Waals surface area contributed by atoms with Gasteiger partial charge in [-0.1, -0.05) is 28.1 Å². The molecule has 0 heterocycles. The quantitative estimate of drug-likeness (QED) is 0.782. The van der Waals surface area contributed by atoms with E-state index >= 15 is 0 Å². The Hall–Kier alpha value is -0.840. The summed E-state index contributed by atoms with van der Waals surface area (Å²) in [6, 6.07) is 11.2. The molecule has 0 spiro atoms. The van der Waals surface area contributed by atoms with Crippen molar-refractivity contribution in [1.82, 2.24) is 0 Å². The molecule has 0 amide bonds. The summed E-state index contributed by atoms with van der Waals surface area (Å²) in [6.07, 6.45) is 0. The Morgan fingerprint density at radius 2 is 2.00 bits per heavy atom. The highest BCUT2D eigenvalue weighted by molar-refractivity contribution is 9.10. The first-order valence-electron chi connectivity index (χ1n) is 6.38. The first-order chi connectivity index (χ1) is 9.47. The van der Waals surface area contributed by atoms with Crippen molar-refractivity contribution in [2.75, 3.05) is 5.75 Å². The molecule has 0 bridgehead atoms. The minimum atomic E-state index is -0.306. The summed E-state index contributed by atoms with van der Waals surface area (Å²) in [5, 5.41) is 0. The lowest BCUT2D eigenvalue weighted by Crippen LogP contribution is -2.16. The van der Waals surface area contributed by atoms with E-state index in [0.717, 1.165) is 20.5 Å². The Morgan fingerprint density at radius 1 is 1.25 bits per heavy atom. The predicted molar refractivity (Wildman–Crippen MR) is 87.7 cm³/mol. The number of thioether (sulfide) groups is 1.